The lowest BCUT2D eigenvalue weighted by Crippen LogP contribution is -2.44. The van der Waals surface area contributed by atoms with Gasteiger partial charge in [0.25, 0.3) is 0 Å². The maximum atomic E-state index is 5.65. The highest BCUT2D eigenvalue weighted by molar-refractivity contribution is 7.80. The molecule has 0 spiro atoms. The maximum absolute atomic E-state index is 5.65. The second-order valence-electron chi connectivity index (χ2n) is 6.75. The van der Waals surface area contributed by atoms with E-state index in [0.29, 0.717) is 5.92 Å². The molecular formula is C20H32N2O2S. The summed E-state index contributed by atoms with van der Waals surface area (Å²) in [6, 6.07) is 4.18. The fourth-order valence-electron chi connectivity index (χ4n) is 3.34. The number of thiocarbonyl (C=S) groups is 1. The summed E-state index contributed by atoms with van der Waals surface area (Å²) < 4.78 is 10.8. The number of hydrogen-bond acceptors (Lipinski definition) is 3. The Bertz CT molecular complexity index is 577. The second-order valence-corrected chi connectivity index (χ2v) is 7.14. The van der Waals surface area contributed by atoms with Gasteiger partial charge in [-0.1, -0.05) is 33.1 Å². The average molecular weight is 365 g/mol. The Morgan fingerprint density at radius 3 is 2.48 bits per heavy atom. The summed E-state index contributed by atoms with van der Waals surface area (Å²) in [6.07, 6.45) is 6.02. The number of unbranched alkanes of at least 4 members (excludes halogenated alkanes) is 1. The summed E-state index contributed by atoms with van der Waals surface area (Å²) in [6.45, 7) is 7.26. The van der Waals surface area contributed by atoms with Gasteiger partial charge >= 0.3 is 0 Å². The molecule has 1 N–H and O–H groups in total. The molecule has 4 nitrogen and oxygen atoms in total. The molecular weight excluding hydrogens is 332 g/mol. The molecule has 0 saturated carbocycles. The monoisotopic (exact) mass is 364 g/mol. The van der Waals surface area contributed by atoms with Crippen molar-refractivity contribution in [2.45, 2.75) is 52.5 Å². The first kappa shape index (κ1) is 19.8. The molecule has 1 aromatic rings. The molecule has 1 atom stereocenters. The van der Waals surface area contributed by atoms with Gasteiger partial charge in [0, 0.05) is 19.6 Å². The van der Waals surface area contributed by atoms with Crippen LogP contribution in [0.25, 0.3) is 0 Å². The Labute approximate surface area is 157 Å². The number of fused-ring (bicyclic) bond motifs is 1. The van der Waals surface area contributed by atoms with Crippen molar-refractivity contribution in [2.24, 2.45) is 5.92 Å². The van der Waals surface area contributed by atoms with Gasteiger partial charge in [-0.15, -0.1) is 0 Å². The Hall–Kier alpha value is -1.49. The second kappa shape index (κ2) is 9.85. The fraction of sp³-hybridized carbons (Fsp3) is 0.650. The lowest BCUT2D eigenvalue weighted by molar-refractivity contribution is 0.346. The van der Waals surface area contributed by atoms with Crippen molar-refractivity contribution in [1.29, 1.82) is 0 Å². The van der Waals surface area contributed by atoms with Crippen LogP contribution in [-0.2, 0) is 13.0 Å². The van der Waals surface area contributed by atoms with Gasteiger partial charge in [-0.05, 0) is 54.2 Å². The van der Waals surface area contributed by atoms with E-state index >= 15 is 0 Å². The Morgan fingerprint density at radius 1 is 1.20 bits per heavy atom. The Balaban J connectivity index is 1.96. The highest BCUT2D eigenvalue weighted by Crippen LogP contribution is 2.33. The molecule has 0 amide bonds. The highest BCUT2D eigenvalue weighted by Gasteiger charge is 2.21. The van der Waals surface area contributed by atoms with Crippen LogP contribution >= 0.6 is 12.2 Å². The summed E-state index contributed by atoms with van der Waals surface area (Å²) >= 11 is 5.65. The third-order valence-corrected chi connectivity index (χ3v) is 5.49. The van der Waals surface area contributed by atoms with E-state index < -0.39 is 0 Å². The molecule has 25 heavy (non-hydrogen) atoms. The number of hydrogen-bond donors (Lipinski definition) is 1. The number of methoxy groups -OCH3 is 2. The molecule has 1 heterocycles. The molecule has 0 radical (unpaired) electrons. The minimum absolute atomic E-state index is 0.708. The SMILES string of the molecule is CCCC[C@@H](CC)CNC(=S)N1CCc2cc(OC)c(OC)cc2C1. The van der Waals surface area contributed by atoms with Crippen molar-refractivity contribution in [2.75, 3.05) is 27.3 Å². The lowest BCUT2D eigenvalue weighted by atomic mass is 9.98. The van der Waals surface area contributed by atoms with E-state index in [1.165, 1.54) is 36.8 Å². The molecule has 0 aliphatic carbocycles. The maximum Gasteiger partial charge on any atom is 0.169 e. The van der Waals surface area contributed by atoms with Gasteiger partial charge in [0.2, 0.25) is 0 Å². The van der Waals surface area contributed by atoms with Crippen LogP contribution in [0.15, 0.2) is 12.1 Å². The van der Waals surface area contributed by atoms with Crippen LogP contribution in [0.1, 0.15) is 50.7 Å². The van der Waals surface area contributed by atoms with Gasteiger partial charge in [-0.2, -0.15) is 0 Å². The largest absolute Gasteiger partial charge is 0.493 e. The van der Waals surface area contributed by atoms with E-state index in [-0.39, 0.29) is 0 Å². The van der Waals surface area contributed by atoms with E-state index in [2.05, 4.69) is 36.2 Å². The van der Waals surface area contributed by atoms with Crippen LogP contribution in [0, 0.1) is 5.92 Å². The van der Waals surface area contributed by atoms with Crippen molar-refractivity contribution >= 4 is 17.3 Å². The minimum Gasteiger partial charge on any atom is -0.493 e. The zero-order chi connectivity index (χ0) is 18.2. The molecule has 0 bridgehead atoms. The first-order chi connectivity index (χ1) is 12.1. The van der Waals surface area contributed by atoms with Crippen LogP contribution < -0.4 is 14.8 Å². The Morgan fingerprint density at radius 2 is 1.88 bits per heavy atom. The number of rotatable bonds is 8. The van der Waals surface area contributed by atoms with Crippen molar-refractivity contribution < 1.29 is 9.47 Å². The average Bonchev–Trinajstić information content (AvgIpc) is 2.66. The third-order valence-electron chi connectivity index (χ3n) is 5.09. The zero-order valence-electron chi connectivity index (χ0n) is 16.1. The summed E-state index contributed by atoms with van der Waals surface area (Å²) in [4.78, 5) is 2.26. The van der Waals surface area contributed by atoms with Gasteiger partial charge in [0.1, 0.15) is 0 Å². The molecule has 0 saturated heterocycles. The van der Waals surface area contributed by atoms with E-state index in [9.17, 15) is 0 Å². The van der Waals surface area contributed by atoms with Gasteiger partial charge in [0.15, 0.2) is 16.6 Å². The molecule has 1 aliphatic heterocycles. The smallest absolute Gasteiger partial charge is 0.169 e. The summed E-state index contributed by atoms with van der Waals surface area (Å²) in [5.74, 6) is 2.30. The molecule has 0 unspecified atom stereocenters. The number of benzene rings is 1. The van der Waals surface area contributed by atoms with Crippen LogP contribution in [-0.4, -0.2) is 37.3 Å². The zero-order valence-corrected chi connectivity index (χ0v) is 16.9. The lowest BCUT2D eigenvalue weighted by Gasteiger charge is -2.32. The number of nitrogens with zero attached hydrogens (tertiary/aromatic N) is 1. The standard InChI is InChI=1S/C20H32N2O2S/c1-5-7-8-15(6-2)13-21-20(25)22-10-9-16-11-18(23-3)19(24-4)12-17(16)14-22/h11-12,15H,5-10,13-14H2,1-4H3,(H,21,25)/t15-/m1/s1. The van der Waals surface area contributed by atoms with Gasteiger partial charge < -0.3 is 19.7 Å². The first-order valence-corrected chi connectivity index (χ1v) is 9.80. The van der Waals surface area contributed by atoms with Crippen molar-refractivity contribution in [1.82, 2.24) is 10.2 Å². The van der Waals surface area contributed by atoms with Gasteiger partial charge in [-0.3, -0.25) is 0 Å². The topological polar surface area (TPSA) is 33.7 Å². The number of nitrogens with one attached hydrogen (secondary N) is 1. The molecule has 1 aromatic carbocycles. The van der Waals surface area contributed by atoms with Crippen LogP contribution in [0.3, 0.4) is 0 Å². The van der Waals surface area contributed by atoms with Crippen molar-refractivity contribution in [3.05, 3.63) is 23.3 Å². The molecule has 140 valence electrons. The predicted octanol–water partition coefficient (Wildman–Crippen LogP) is 4.15. The first-order valence-electron chi connectivity index (χ1n) is 9.39. The normalized spacial score (nSPS) is 14.6. The third kappa shape index (κ3) is 5.24. The van der Waals surface area contributed by atoms with Crippen LogP contribution in [0.5, 0.6) is 11.5 Å². The predicted molar refractivity (Wildman–Crippen MR) is 108 cm³/mol. The van der Waals surface area contributed by atoms with E-state index in [1.54, 1.807) is 14.2 Å². The van der Waals surface area contributed by atoms with E-state index in [1.807, 2.05) is 0 Å². The minimum atomic E-state index is 0.708. The summed E-state index contributed by atoms with van der Waals surface area (Å²) in [5.41, 5.74) is 2.59. The molecule has 0 fully saturated rings. The number of ether oxygens (including phenoxy) is 2. The fourth-order valence-corrected chi connectivity index (χ4v) is 3.58. The van der Waals surface area contributed by atoms with Crippen LogP contribution in [0.4, 0.5) is 0 Å². The van der Waals surface area contributed by atoms with E-state index in [4.69, 9.17) is 21.7 Å². The Kier molecular flexibility index (Phi) is 7.82. The van der Waals surface area contributed by atoms with Crippen molar-refractivity contribution in [3.8, 4) is 11.5 Å². The molecule has 1 aliphatic rings. The van der Waals surface area contributed by atoms with E-state index in [0.717, 1.165) is 42.7 Å². The summed E-state index contributed by atoms with van der Waals surface area (Å²) in [7, 11) is 3.36. The summed E-state index contributed by atoms with van der Waals surface area (Å²) in [5, 5.41) is 4.37. The molecule has 5 heteroatoms. The van der Waals surface area contributed by atoms with Crippen molar-refractivity contribution in [3.63, 3.8) is 0 Å². The molecule has 0 aromatic heterocycles. The molecule has 2 rings (SSSR count). The van der Waals surface area contributed by atoms with Crippen LogP contribution in [0.2, 0.25) is 0 Å². The van der Waals surface area contributed by atoms with Gasteiger partial charge in [0.05, 0.1) is 14.2 Å². The highest BCUT2D eigenvalue weighted by atomic mass is 32.1. The van der Waals surface area contributed by atoms with Gasteiger partial charge in [-0.25, -0.2) is 0 Å². The quantitative estimate of drug-likeness (QED) is 0.701.